The number of rotatable bonds is 6. The molecule has 162 valence electrons. The number of nitrogens with two attached hydrogens (primary N) is 1. The van der Waals surface area contributed by atoms with Gasteiger partial charge in [0.25, 0.3) is 0 Å². The smallest absolute Gasteiger partial charge is 0.245 e. The number of hydrogen-bond donors (Lipinski definition) is 4. The summed E-state index contributed by atoms with van der Waals surface area (Å²) in [5, 5.41) is 11.7. The maximum atomic E-state index is 13.0. The second-order valence-electron chi connectivity index (χ2n) is 7.50. The van der Waals surface area contributed by atoms with E-state index in [4.69, 9.17) is 10.9 Å². The summed E-state index contributed by atoms with van der Waals surface area (Å²) in [6.45, 7) is 1.59. The summed E-state index contributed by atoms with van der Waals surface area (Å²) in [7, 11) is -3.58. The van der Waals surface area contributed by atoms with E-state index in [1.165, 1.54) is 11.3 Å². The Balaban J connectivity index is 1.97. The summed E-state index contributed by atoms with van der Waals surface area (Å²) in [4.78, 5) is 25.2. The highest BCUT2D eigenvalue weighted by molar-refractivity contribution is 7.92. The van der Waals surface area contributed by atoms with E-state index < -0.39 is 26.5 Å². The van der Waals surface area contributed by atoms with Crippen molar-refractivity contribution >= 4 is 38.7 Å². The lowest BCUT2D eigenvalue weighted by Gasteiger charge is -2.35. The molecule has 1 aliphatic heterocycles. The van der Waals surface area contributed by atoms with Crippen LogP contribution in [-0.4, -0.2) is 37.2 Å². The van der Waals surface area contributed by atoms with Gasteiger partial charge < -0.3 is 11.1 Å². The van der Waals surface area contributed by atoms with Gasteiger partial charge in [0.1, 0.15) is 4.75 Å². The van der Waals surface area contributed by atoms with Gasteiger partial charge in [0.15, 0.2) is 9.84 Å². The Kier molecular flexibility index (Phi) is 6.61. The first-order valence-corrected chi connectivity index (χ1v) is 12.1. The van der Waals surface area contributed by atoms with E-state index in [0.717, 1.165) is 10.4 Å². The van der Waals surface area contributed by atoms with Crippen molar-refractivity contribution in [3.8, 4) is 10.4 Å². The van der Waals surface area contributed by atoms with Gasteiger partial charge in [-0.05, 0) is 49.6 Å². The highest BCUT2D eigenvalue weighted by Crippen LogP contribution is 2.47. The van der Waals surface area contributed by atoms with Crippen LogP contribution in [0.5, 0.6) is 0 Å². The SMILES string of the molecule is C[C@H](N)C(=O)Nc1cccc(-c2ccc([C@@]3(CC(=O)NO)CCCCS3(=O)=O)s2)c1. The van der Waals surface area contributed by atoms with Crippen LogP contribution in [-0.2, 0) is 24.2 Å². The quantitative estimate of drug-likeness (QED) is 0.393. The van der Waals surface area contributed by atoms with Crippen molar-refractivity contribution in [2.75, 3.05) is 11.1 Å². The Morgan fingerprint density at radius 2 is 2.03 bits per heavy atom. The van der Waals surface area contributed by atoms with Crippen molar-refractivity contribution in [2.24, 2.45) is 5.73 Å². The number of amides is 2. The molecule has 10 heteroatoms. The van der Waals surface area contributed by atoms with E-state index >= 15 is 0 Å². The number of thiophene rings is 1. The number of nitrogens with one attached hydrogen (secondary N) is 2. The summed E-state index contributed by atoms with van der Waals surface area (Å²) >= 11 is 1.30. The van der Waals surface area contributed by atoms with E-state index in [0.29, 0.717) is 29.8 Å². The molecule has 0 saturated carbocycles. The molecular formula is C20H25N3O5S2. The molecule has 5 N–H and O–H groups in total. The lowest BCUT2D eigenvalue weighted by molar-refractivity contribution is -0.130. The molecule has 30 heavy (non-hydrogen) atoms. The zero-order valence-electron chi connectivity index (χ0n) is 16.6. The Bertz CT molecular complexity index is 1050. The van der Waals surface area contributed by atoms with Crippen LogP contribution in [0.3, 0.4) is 0 Å². The molecule has 3 rings (SSSR count). The molecule has 1 aromatic heterocycles. The van der Waals surface area contributed by atoms with Crippen molar-refractivity contribution in [1.82, 2.24) is 5.48 Å². The van der Waals surface area contributed by atoms with Gasteiger partial charge in [-0.1, -0.05) is 18.6 Å². The minimum absolute atomic E-state index is 0.0116. The normalized spacial score (nSPS) is 21.6. The van der Waals surface area contributed by atoms with Crippen molar-refractivity contribution in [3.63, 3.8) is 0 Å². The first-order chi connectivity index (χ1) is 14.2. The van der Waals surface area contributed by atoms with Gasteiger partial charge in [0.2, 0.25) is 11.8 Å². The molecule has 8 nitrogen and oxygen atoms in total. The fourth-order valence-corrected chi connectivity index (χ4v) is 7.43. The maximum Gasteiger partial charge on any atom is 0.245 e. The van der Waals surface area contributed by atoms with Gasteiger partial charge in [-0.25, -0.2) is 13.9 Å². The van der Waals surface area contributed by atoms with Crippen LogP contribution in [0.2, 0.25) is 0 Å². The number of hydrogen-bond acceptors (Lipinski definition) is 7. The fourth-order valence-electron chi connectivity index (χ4n) is 3.66. The zero-order chi connectivity index (χ0) is 21.9. The average molecular weight is 452 g/mol. The van der Waals surface area contributed by atoms with E-state index in [2.05, 4.69) is 5.32 Å². The van der Waals surface area contributed by atoms with Gasteiger partial charge in [-0.2, -0.15) is 0 Å². The summed E-state index contributed by atoms with van der Waals surface area (Å²) < 4.78 is 24.7. The van der Waals surface area contributed by atoms with Crippen molar-refractivity contribution in [1.29, 1.82) is 0 Å². The summed E-state index contributed by atoms with van der Waals surface area (Å²) in [5.74, 6) is -1.02. The van der Waals surface area contributed by atoms with Crippen LogP contribution in [0.4, 0.5) is 5.69 Å². The molecule has 0 unspecified atom stereocenters. The van der Waals surface area contributed by atoms with Crippen LogP contribution < -0.4 is 16.5 Å². The number of hydroxylamine groups is 1. The van der Waals surface area contributed by atoms with Crippen LogP contribution in [0.15, 0.2) is 36.4 Å². The van der Waals surface area contributed by atoms with Gasteiger partial charge in [-0.15, -0.1) is 11.3 Å². The Hall–Kier alpha value is -2.27. The molecule has 2 heterocycles. The maximum absolute atomic E-state index is 13.0. The molecular weight excluding hydrogens is 426 g/mol. The van der Waals surface area contributed by atoms with E-state index in [1.807, 2.05) is 12.1 Å². The molecule has 0 aliphatic carbocycles. The first-order valence-electron chi connectivity index (χ1n) is 9.61. The monoisotopic (exact) mass is 451 g/mol. The predicted molar refractivity (Wildman–Crippen MR) is 116 cm³/mol. The number of anilines is 1. The lowest BCUT2D eigenvalue weighted by atomic mass is 9.94. The standard InChI is InChI=1S/C20H25N3O5S2/c1-13(21)19(25)22-15-6-4-5-14(11-15)16-7-8-17(29-16)20(12-18(24)23-26)9-2-3-10-30(20,27)28/h4-8,11,13,26H,2-3,9-10,12,21H2,1H3,(H,22,25)(H,23,24)/t13-,20-/m0/s1. The minimum atomic E-state index is -3.58. The topological polar surface area (TPSA) is 139 Å². The zero-order valence-corrected chi connectivity index (χ0v) is 18.2. The summed E-state index contributed by atoms with van der Waals surface area (Å²) in [6, 6.07) is 10.1. The van der Waals surface area contributed by atoms with Gasteiger partial charge >= 0.3 is 0 Å². The lowest BCUT2D eigenvalue weighted by Crippen LogP contribution is -2.43. The molecule has 2 amide bonds. The summed E-state index contributed by atoms with van der Waals surface area (Å²) in [5.41, 5.74) is 8.56. The fraction of sp³-hybridized carbons (Fsp3) is 0.400. The van der Waals surface area contributed by atoms with E-state index in [-0.39, 0.29) is 18.1 Å². The Labute approximate surface area is 179 Å². The predicted octanol–water partition coefficient (Wildman–Crippen LogP) is 2.39. The van der Waals surface area contributed by atoms with Gasteiger partial charge in [0.05, 0.1) is 18.2 Å². The highest BCUT2D eigenvalue weighted by atomic mass is 32.2. The van der Waals surface area contributed by atoms with Gasteiger partial charge in [-0.3, -0.25) is 14.8 Å². The second-order valence-corrected chi connectivity index (χ2v) is 11.0. The molecule has 0 radical (unpaired) electrons. The third-order valence-electron chi connectivity index (χ3n) is 5.29. The molecule has 1 fully saturated rings. The largest absolute Gasteiger partial charge is 0.325 e. The van der Waals surface area contributed by atoms with Crippen LogP contribution in [0.1, 0.15) is 37.5 Å². The van der Waals surface area contributed by atoms with E-state index in [1.54, 1.807) is 36.7 Å². The van der Waals surface area contributed by atoms with Crippen LogP contribution in [0.25, 0.3) is 10.4 Å². The van der Waals surface area contributed by atoms with Crippen LogP contribution in [0, 0.1) is 0 Å². The highest BCUT2D eigenvalue weighted by Gasteiger charge is 2.49. The molecule has 1 aliphatic rings. The molecule has 2 aromatic rings. The molecule has 0 bridgehead atoms. The Morgan fingerprint density at radius 3 is 2.70 bits per heavy atom. The van der Waals surface area contributed by atoms with Crippen molar-refractivity contribution in [3.05, 3.63) is 41.3 Å². The van der Waals surface area contributed by atoms with Crippen LogP contribution >= 0.6 is 11.3 Å². The first kappa shape index (κ1) is 22.4. The molecule has 0 spiro atoms. The van der Waals surface area contributed by atoms with E-state index in [9.17, 15) is 18.0 Å². The third-order valence-corrected chi connectivity index (χ3v) is 9.35. The van der Waals surface area contributed by atoms with Gasteiger partial charge in [0, 0.05) is 15.4 Å². The minimum Gasteiger partial charge on any atom is -0.325 e. The van der Waals surface area contributed by atoms with Crippen molar-refractivity contribution in [2.45, 2.75) is 43.4 Å². The molecule has 1 saturated heterocycles. The number of sulfone groups is 1. The molecule has 2 atom stereocenters. The number of benzene rings is 1. The Morgan fingerprint density at radius 1 is 1.27 bits per heavy atom. The molecule has 1 aromatic carbocycles. The van der Waals surface area contributed by atoms with Crippen molar-refractivity contribution < 1.29 is 23.2 Å². The number of carbonyl (C=O) groups excluding carboxylic acids is 2. The second kappa shape index (κ2) is 8.84. The third kappa shape index (κ3) is 4.41. The summed E-state index contributed by atoms with van der Waals surface area (Å²) in [6.07, 6.45) is 1.25. The number of carbonyl (C=O) groups is 2. The average Bonchev–Trinajstić information content (AvgIpc) is 3.20.